The van der Waals surface area contributed by atoms with Gasteiger partial charge < -0.3 is 8.98 Å². The van der Waals surface area contributed by atoms with Gasteiger partial charge in [0.25, 0.3) is 0 Å². The van der Waals surface area contributed by atoms with Crippen LogP contribution in [0.15, 0.2) is 186 Å². The molecule has 6 heteroatoms. The Hall–Kier alpha value is -7.41. The maximum atomic E-state index is 6.64. The number of hydrogen-bond donors (Lipinski definition) is 0. The van der Waals surface area contributed by atoms with Gasteiger partial charge in [-0.25, -0.2) is 15.0 Å². The number of para-hydroxylation sites is 3. The third-order valence-corrected chi connectivity index (χ3v) is 12.3. The Bertz CT molecular complexity index is 3420. The first-order valence-corrected chi connectivity index (χ1v) is 19.8. The summed E-state index contributed by atoms with van der Waals surface area (Å²) >= 11 is 1.86. The van der Waals surface area contributed by atoms with Crippen molar-refractivity contribution in [3.63, 3.8) is 0 Å². The number of rotatable bonds is 5. The van der Waals surface area contributed by atoms with Crippen molar-refractivity contribution in [3.05, 3.63) is 182 Å². The number of nitrogens with zero attached hydrogens (tertiary/aromatic N) is 4. The summed E-state index contributed by atoms with van der Waals surface area (Å²) in [6.45, 7) is 0. The average Bonchev–Trinajstić information content (AvgIpc) is 3.96. The van der Waals surface area contributed by atoms with E-state index in [4.69, 9.17) is 19.4 Å². The fourth-order valence-corrected chi connectivity index (χ4v) is 9.59. The van der Waals surface area contributed by atoms with Crippen molar-refractivity contribution in [3.8, 4) is 51.0 Å². The number of fused-ring (bicyclic) bond motifs is 9. The molecule has 8 aromatic carbocycles. The minimum Gasteiger partial charge on any atom is -0.455 e. The van der Waals surface area contributed by atoms with Crippen LogP contribution in [-0.4, -0.2) is 19.5 Å². The van der Waals surface area contributed by atoms with Gasteiger partial charge >= 0.3 is 0 Å². The standard InChI is InChI=1S/C51H30N4OS/c1-3-13-31(14-4-1)49-52-50(32-15-5-2-6-16-32)54-51(53-49)39-21-11-19-37-40-29-33(25-27-45(40)56-47(37)39)34-26-28-46-41(30-34)38-20-12-24-44(48(38)57-46)55-42-22-9-7-17-35(42)36-18-8-10-23-43(36)55/h1-30H. The SMILES string of the molecule is c1ccc(-c2nc(-c3ccccc3)nc(-c3cccc4c3oc3ccc(-c5ccc6sc7c(-n8c9ccccc9c9ccccc98)cccc7c6c5)cc34)n2)cc1. The van der Waals surface area contributed by atoms with E-state index in [0.717, 1.165) is 49.8 Å². The first-order valence-electron chi connectivity index (χ1n) is 19.0. The van der Waals surface area contributed by atoms with Crippen molar-refractivity contribution in [2.45, 2.75) is 0 Å². The van der Waals surface area contributed by atoms with E-state index in [2.05, 4.69) is 120 Å². The predicted octanol–water partition coefficient (Wildman–Crippen LogP) is 13.9. The Kier molecular flexibility index (Phi) is 7.03. The summed E-state index contributed by atoms with van der Waals surface area (Å²) in [6, 6.07) is 63.8. The van der Waals surface area contributed by atoms with Crippen LogP contribution in [0.1, 0.15) is 0 Å². The summed E-state index contributed by atoms with van der Waals surface area (Å²) in [5.41, 5.74) is 10.2. The number of thiophene rings is 1. The van der Waals surface area contributed by atoms with Crippen LogP contribution in [0.4, 0.5) is 0 Å². The lowest BCUT2D eigenvalue weighted by molar-refractivity contribution is 0.669. The molecule has 0 fully saturated rings. The molecule has 0 aliphatic heterocycles. The van der Waals surface area contributed by atoms with E-state index >= 15 is 0 Å². The quantitative estimate of drug-likeness (QED) is 0.176. The first-order chi connectivity index (χ1) is 28.2. The molecule has 0 saturated carbocycles. The molecule has 4 aromatic heterocycles. The Morgan fingerprint density at radius 1 is 0.404 bits per heavy atom. The Morgan fingerprint density at radius 3 is 1.67 bits per heavy atom. The third-order valence-electron chi connectivity index (χ3n) is 11.1. The van der Waals surface area contributed by atoms with E-state index in [1.54, 1.807) is 0 Å². The van der Waals surface area contributed by atoms with Gasteiger partial charge in [-0.05, 0) is 59.7 Å². The molecule has 0 atom stereocenters. The molecule has 0 saturated heterocycles. The van der Waals surface area contributed by atoms with E-state index in [1.165, 1.54) is 47.7 Å². The van der Waals surface area contributed by atoms with Crippen LogP contribution in [0.3, 0.4) is 0 Å². The van der Waals surface area contributed by atoms with Crippen LogP contribution in [0.2, 0.25) is 0 Å². The summed E-state index contributed by atoms with van der Waals surface area (Å²) in [4.78, 5) is 14.9. The lowest BCUT2D eigenvalue weighted by atomic mass is 10.00. The van der Waals surface area contributed by atoms with Gasteiger partial charge in [0, 0.05) is 48.1 Å². The second-order valence-corrected chi connectivity index (χ2v) is 15.4. The van der Waals surface area contributed by atoms with Crippen LogP contribution in [0.25, 0.3) is 115 Å². The van der Waals surface area contributed by atoms with Gasteiger partial charge in [0.05, 0.1) is 27.0 Å². The molecule has 12 aromatic rings. The predicted molar refractivity (Wildman–Crippen MR) is 236 cm³/mol. The second kappa shape index (κ2) is 12.6. The van der Waals surface area contributed by atoms with Gasteiger partial charge in [-0.2, -0.15) is 0 Å². The molecule has 0 bridgehead atoms. The van der Waals surface area contributed by atoms with E-state index in [1.807, 2.05) is 78.1 Å². The maximum absolute atomic E-state index is 6.64. The zero-order valence-corrected chi connectivity index (χ0v) is 31.2. The van der Waals surface area contributed by atoms with Crippen LogP contribution >= 0.6 is 11.3 Å². The topological polar surface area (TPSA) is 56.7 Å². The van der Waals surface area contributed by atoms with Crippen molar-refractivity contribution in [2.75, 3.05) is 0 Å². The molecule has 0 aliphatic carbocycles. The van der Waals surface area contributed by atoms with Gasteiger partial charge in [-0.1, -0.05) is 133 Å². The number of furan rings is 1. The van der Waals surface area contributed by atoms with Gasteiger partial charge in [0.1, 0.15) is 11.2 Å². The zero-order valence-electron chi connectivity index (χ0n) is 30.4. The molecule has 0 N–H and O–H groups in total. The van der Waals surface area contributed by atoms with E-state index in [0.29, 0.717) is 17.5 Å². The van der Waals surface area contributed by atoms with E-state index < -0.39 is 0 Å². The van der Waals surface area contributed by atoms with Crippen molar-refractivity contribution < 1.29 is 4.42 Å². The second-order valence-electron chi connectivity index (χ2n) is 14.4. The van der Waals surface area contributed by atoms with E-state index in [-0.39, 0.29) is 0 Å². The monoisotopic (exact) mass is 746 g/mol. The summed E-state index contributed by atoms with van der Waals surface area (Å²) in [5, 5.41) is 7.12. The van der Waals surface area contributed by atoms with Crippen LogP contribution in [0, 0.1) is 0 Å². The number of benzene rings is 8. The minimum atomic E-state index is 0.572. The van der Waals surface area contributed by atoms with Gasteiger partial charge in [0.2, 0.25) is 0 Å². The van der Waals surface area contributed by atoms with E-state index in [9.17, 15) is 0 Å². The molecule has 5 nitrogen and oxygen atoms in total. The van der Waals surface area contributed by atoms with Gasteiger partial charge in [0.15, 0.2) is 17.5 Å². The highest BCUT2D eigenvalue weighted by Crippen LogP contribution is 2.43. The van der Waals surface area contributed by atoms with Gasteiger partial charge in [-0.3, -0.25) is 0 Å². The maximum Gasteiger partial charge on any atom is 0.167 e. The molecule has 4 heterocycles. The molecular weight excluding hydrogens is 717 g/mol. The van der Waals surface area contributed by atoms with Crippen LogP contribution < -0.4 is 0 Å². The molecule has 0 spiro atoms. The highest BCUT2D eigenvalue weighted by molar-refractivity contribution is 7.26. The first kappa shape index (κ1) is 31.9. The van der Waals surface area contributed by atoms with Crippen LogP contribution in [-0.2, 0) is 0 Å². The number of aromatic nitrogens is 4. The highest BCUT2D eigenvalue weighted by Gasteiger charge is 2.20. The smallest absolute Gasteiger partial charge is 0.167 e. The fraction of sp³-hybridized carbons (Fsp3) is 0. The third kappa shape index (κ3) is 5.04. The van der Waals surface area contributed by atoms with Crippen LogP contribution in [0.5, 0.6) is 0 Å². The highest BCUT2D eigenvalue weighted by atomic mass is 32.1. The molecule has 266 valence electrons. The molecule has 0 unspecified atom stereocenters. The largest absolute Gasteiger partial charge is 0.455 e. The Morgan fingerprint density at radius 2 is 0.965 bits per heavy atom. The number of hydrogen-bond acceptors (Lipinski definition) is 5. The average molecular weight is 747 g/mol. The summed E-state index contributed by atoms with van der Waals surface area (Å²) in [6.07, 6.45) is 0. The summed E-state index contributed by atoms with van der Waals surface area (Å²) < 4.78 is 11.6. The van der Waals surface area contributed by atoms with Crippen molar-refractivity contribution in [2.24, 2.45) is 0 Å². The molecule has 57 heavy (non-hydrogen) atoms. The molecule has 0 aliphatic rings. The van der Waals surface area contributed by atoms with Gasteiger partial charge in [-0.15, -0.1) is 11.3 Å². The Labute approximate surface area is 330 Å². The normalized spacial score (nSPS) is 11.9. The molecule has 0 radical (unpaired) electrons. The van der Waals surface area contributed by atoms with Crippen molar-refractivity contribution >= 4 is 75.3 Å². The lowest BCUT2D eigenvalue weighted by Crippen LogP contribution is -2.00. The van der Waals surface area contributed by atoms with Crippen molar-refractivity contribution in [1.82, 2.24) is 19.5 Å². The molecule has 0 amide bonds. The molecule has 12 rings (SSSR count). The fourth-order valence-electron chi connectivity index (χ4n) is 8.40. The summed E-state index contributed by atoms with van der Waals surface area (Å²) in [7, 11) is 0. The lowest BCUT2D eigenvalue weighted by Gasteiger charge is -2.09. The zero-order chi connectivity index (χ0) is 37.5. The minimum absolute atomic E-state index is 0.572. The Balaban J connectivity index is 0.987. The van der Waals surface area contributed by atoms with Crippen molar-refractivity contribution in [1.29, 1.82) is 0 Å². The summed E-state index contributed by atoms with van der Waals surface area (Å²) in [5.74, 6) is 1.81. The molecular formula is C51H30N4OS.